The second kappa shape index (κ2) is 6.31. The molecule has 106 valence electrons. The van der Waals surface area contributed by atoms with E-state index in [1.165, 1.54) is 7.05 Å². The third-order valence-electron chi connectivity index (χ3n) is 2.26. The minimum absolute atomic E-state index is 0.0383. The highest BCUT2D eigenvalue weighted by Crippen LogP contribution is 2.25. The zero-order chi connectivity index (χ0) is 14.6. The lowest BCUT2D eigenvalue weighted by Gasteiger charge is -2.09. The third kappa shape index (κ3) is 4.15. The van der Waals surface area contributed by atoms with Crippen molar-refractivity contribution in [3.63, 3.8) is 0 Å². The lowest BCUT2D eigenvalue weighted by molar-refractivity contribution is -0.120. The van der Waals surface area contributed by atoms with Crippen molar-refractivity contribution in [3.05, 3.63) is 22.4 Å². The molecule has 19 heavy (non-hydrogen) atoms. The molecule has 1 rings (SSSR count). The second-order valence-corrected chi connectivity index (χ2v) is 6.21. The Kier molecular flexibility index (Phi) is 5.27. The maximum absolute atomic E-state index is 13.6. The lowest BCUT2D eigenvalue weighted by Crippen LogP contribution is -2.29. The smallest absolute Gasteiger partial charge is 0.243 e. The Bertz CT molecular complexity index is 592. The molecule has 1 aromatic carbocycles. The monoisotopic (exact) mass is 353 g/mol. The van der Waals surface area contributed by atoms with Gasteiger partial charge in [0, 0.05) is 30.2 Å². The largest absolute Gasteiger partial charge is 0.398 e. The number of carbonyl (C=O) groups is 1. The van der Waals surface area contributed by atoms with Crippen LogP contribution in [0.25, 0.3) is 0 Å². The molecule has 0 aliphatic rings. The molecule has 1 aromatic rings. The highest BCUT2D eigenvalue weighted by Gasteiger charge is 2.20. The van der Waals surface area contributed by atoms with E-state index < -0.39 is 20.7 Å². The molecule has 0 aliphatic carbocycles. The van der Waals surface area contributed by atoms with Crippen LogP contribution in [0.2, 0.25) is 0 Å². The summed E-state index contributed by atoms with van der Waals surface area (Å²) in [4.78, 5) is 10.4. The zero-order valence-electron chi connectivity index (χ0n) is 10.0. The topological polar surface area (TPSA) is 101 Å². The van der Waals surface area contributed by atoms with Crippen molar-refractivity contribution in [2.24, 2.45) is 0 Å². The predicted molar refractivity (Wildman–Crippen MR) is 72.4 cm³/mol. The maximum atomic E-state index is 13.6. The summed E-state index contributed by atoms with van der Waals surface area (Å²) in [5, 5.41) is 2.34. The fourth-order valence-electron chi connectivity index (χ4n) is 1.25. The number of amides is 1. The summed E-state index contributed by atoms with van der Waals surface area (Å²) < 4.78 is 39.7. The normalized spacial score (nSPS) is 11.3. The number of hydrogen-bond acceptors (Lipinski definition) is 4. The summed E-state index contributed by atoms with van der Waals surface area (Å²) >= 11 is 2.99. The average Bonchev–Trinajstić information content (AvgIpc) is 2.33. The summed E-state index contributed by atoms with van der Waals surface area (Å²) in [6.07, 6.45) is -0.0383. The van der Waals surface area contributed by atoms with E-state index in [0.29, 0.717) is 0 Å². The number of nitrogens with one attached hydrogen (secondary N) is 2. The van der Waals surface area contributed by atoms with Gasteiger partial charge in [-0.2, -0.15) is 0 Å². The van der Waals surface area contributed by atoms with Crippen LogP contribution in [0.5, 0.6) is 0 Å². The van der Waals surface area contributed by atoms with Crippen molar-refractivity contribution in [3.8, 4) is 0 Å². The van der Waals surface area contributed by atoms with Crippen LogP contribution in [0.3, 0.4) is 0 Å². The Hall–Kier alpha value is -1.19. The predicted octanol–water partition coefficient (Wildman–Crippen LogP) is 0.585. The summed E-state index contributed by atoms with van der Waals surface area (Å²) in [5.74, 6) is -1.24. The Labute approximate surface area is 118 Å². The number of nitrogen functional groups attached to an aromatic ring is 1. The molecule has 0 bridgehead atoms. The number of rotatable bonds is 5. The van der Waals surface area contributed by atoms with E-state index in [4.69, 9.17) is 5.73 Å². The van der Waals surface area contributed by atoms with Gasteiger partial charge in [0.1, 0.15) is 10.7 Å². The maximum Gasteiger partial charge on any atom is 0.243 e. The van der Waals surface area contributed by atoms with Gasteiger partial charge < -0.3 is 11.1 Å². The minimum atomic E-state index is -4.04. The van der Waals surface area contributed by atoms with Gasteiger partial charge >= 0.3 is 0 Å². The molecule has 6 nitrogen and oxygen atoms in total. The molecule has 0 radical (unpaired) electrons. The van der Waals surface area contributed by atoms with Gasteiger partial charge in [-0.15, -0.1) is 0 Å². The highest BCUT2D eigenvalue weighted by molar-refractivity contribution is 9.10. The zero-order valence-corrected chi connectivity index (χ0v) is 12.4. The second-order valence-electron chi connectivity index (χ2n) is 3.63. The first-order valence-electron chi connectivity index (χ1n) is 5.22. The number of nitrogens with two attached hydrogens (primary N) is 1. The van der Waals surface area contributed by atoms with Crippen molar-refractivity contribution >= 4 is 37.5 Å². The van der Waals surface area contributed by atoms with Crippen molar-refractivity contribution in [2.45, 2.75) is 11.3 Å². The summed E-state index contributed by atoms with van der Waals surface area (Å²) in [6.45, 7) is -0.128. The average molecular weight is 354 g/mol. The first kappa shape index (κ1) is 15.9. The molecule has 1 amide bonds. The number of benzene rings is 1. The van der Waals surface area contributed by atoms with Gasteiger partial charge in [0.25, 0.3) is 0 Å². The summed E-state index contributed by atoms with van der Waals surface area (Å²) in [7, 11) is -2.60. The van der Waals surface area contributed by atoms with Crippen LogP contribution in [0.15, 0.2) is 21.5 Å². The van der Waals surface area contributed by atoms with Gasteiger partial charge in [-0.05, 0) is 28.1 Å². The highest BCUT2D eigenvalue weighted by atomic mass is 79.9. The van der Waals surface area contributed by atoms with Gasteiger partial charge in [-0.1, -0.05) is 0 Å². The number of sulfonamides is 1. The molecule has 0 fully saturated rings. The molecule has 0 saturated carbocycles. The van der Waals surface area contributed by atoms with Crippen molar-refractivity contribution in [2.75, 3.05) is 19.3 Å². The van der Waals surface area contributed by atoms with Crippen LogP contribution >= 0.6 is 15.9 Å². The molecule has 9 heteroatoms. The van der Waals surface area contributed by atoms with Gasteiger partial charge in [0.15, 0.2) is 0 Å². The Morgan fingerprint density at radius 1 is 1.47 bits per heavy atom. The summed E-state index contributed by atoms with van der Waals surface area (Å²) in [6, 6.07) is 1.99. The first-order valence-corrected chi connectivity index (χ1v) is 7.50. The number of hydrogen-bond donors (Lipinski definition) is 3. The quantitative estimate of drug-likeness (QED) is 0.674. The van der Waals surface area contributed by atoms with Crippen LogP contribution in [0.1, 0.15) is 6.42 Å². The molecule has 0 aliphatic heterocycles. The van der Waals surface area contributed by atoms with Crippen molar-refractivity contribution < 1.29 is 17.6 Å². The summed E-state index contributed by atoms with van der Waals surface area (Å²) in [5.41, 5.74) is 5.62. The molecule has 0 saturated heterocycles. The van der Waals surface area contributed by atoms with E-state index in [-0.39, 0.29) is 29.0 Å². The van der Waals surface area contributed by atoms with Gasteiger partial charge in [-0.25, -0.2) is 17.5 Å². The molecule has 0 spiro atoms. The van der Waals surface area contributed by atoms with E-state index >= 15 is 0 Å². The molecule has 4 N–H and O–H groups in total. The van der Waals surface area contributed by atoms with Gasteiger partial charge in [-0.3, -0.25) is 4.79 Å². The SMILES string of the molecule is CNC(=O)CCNS(=O)(=O)c1cc(N)c(Br)cc1F. The van der Waals surface area contributed by atoms with Crippen LogP contribution in [0, 0.1) is 5.82 Å². The number of carbonyl (C=O) groups excluding carboxylic acids is 1. The molecular weight excluding hydrogens is 341 g/mol. The fraction of sp³-hybridized carbons (Fsp3) is 0.300. The van der Waals surface area contributed by atoms with Crippen molar-refractivity contribution in [1.29, 1.82) is 0 Å². The molecule has 0 atom stereocenters. The van der Waals surface area contributed by atoms with E-state index in [0.717, 1.165) is 12.1 Å². The van der Waals surface area contributed by atoms with E-state index in [9.17, 15) is 17.6 Å². The molecule has 0 aromatic heterocycles. The molecule has 0 heterocycles. The number of halogens is 2. The van der Waals surface area contributed by atoms with E-state index in [1.807, 2.05) is 0 Å². The lowest BCUT2D eigenvalue weighted by atomic mass is 10.3. The Morgan fingerprint density at radius 3 is 2.68 bits per heavy atom. The van der Waals surface area contributed by atoms with Crippen LogP contribution in [-0.4, -0.2) is 27.9 Å². The van der Waals surface area contributed by atoms with E-state index in [1.54, 1.807) is 0 Å². The Morgan fingerprint density at radius 2 is 2.11 bits per heavy atom. The standard InChI is InChI=1S/C10H13BrFN3O3S/c1-14-10(16)2-3-15-19(17,18)9-5-8(13)6(11)4-7(9)12/h4-5,15H,2-3,13H2,1H3,(H,14,16). The molecule has 0 unspecified atom stereocenters. The number of anilines is 1. The third-order valence-corrected chi connectivity index (χ3v) is 4.43. The van der Waals surface area contributed by atoms with Gasteiger partial charge in [0.05, 0.1) is 0 Å². The Balaban J connectivity index is 2.89. The van der Waals surface area contributed by atoms with Crippen LogP contribution in [-0.2, 0) is 14.8 Å². The first-order chi connectivity index (χ1) is 8.77. The minimum Gasteiger partial charge on any atom is -0.398 e. The molecular formula is C10H13BrFN3O3S. The fourth-order valence-corrected chi connectivity index (χ4v) is 2.69. The van der Waals surface area contributed by atoms with Crippen molar-refractivity contribution in [1.82, 2.24) is 10.0 Å². The van der Waals surface area contributed by atoms with E-state index in [2.05, 4.69) is 26.0 Å². The van der Waals surface area contributed by atoms with Crippen LogP contribution in [0.4, 0.5) is 10.1 Å². The van der Waals surface area contributed by atoms with Gasteiger partial charge in [0.2, 0.25) is 15.9 Å². The van der Waals surface area contributed by atoms with Crippen LogP contribution < -0.4 is 15.8 Å².